The highest BCUT2D eigenvalue weighted by atomic mass is 19.1. The average molecular weight is 209 g/mol. The Hall–Kier alpha value is -0.930. The van der Waals surface area contributed by atoms with Gasteiger partial charge in [0.05, 0.1) is 12.7 Å². The fourth-order valence-electron chi connectivity index (χ4n) is 2.10. The highest BCUT2D eigenvalue weighted by Crippen LogP contribution is 2.34. The lowest BCUT2D eigenvalue weighted by molar-refractivity contribution is 0.0293. The highest BCUT2D eigenvalue weighted by molar-refractivity contribution is 5.35. The van der Waals surface area contributed by atoms with Crippen molar-refractivity contribution in [2.45, 2.75) is 18.9 Å². The van der Waals surface area contributed by atoms with E-state index in [1.165, 1.54) is 6.07 Å². The summed E-state index contributed by atoms with van der Waals surface area (Å²) < 4.78 is 19.3. The van der Waals surface area contributed by atoms with E-state index >= 15 is 0 Å². The SMILES string of the molecule is CNC[C@@H]1OC[C@H](C)c2cccc(F)c21. The summed E-state index contributed by atoms with van der Waals surface area (Å²) in [6.07, 6.45) is -0.151. The Morgan fingerprint density at radius 3 is 3.07 bits per heavy atom. The molecule has 0 amide bonds. The number of benzene rings is 1. The van der Waals surface area contributed by atoms with Crippen molar-refractivity contribution in [3.05, 3.63) is 35.1 Å². The van der Waals surface area contributed by atoms with E-state index in [9.17, 15) is 4.39 Å². The van der Waals surface area contributed by atoms with Crippen LogP contribution >= 0.6 is 0 Å². The van der Waals surface area contributed by atoms with E-state index in [1.54, 1.807) is 6.07 Å². The third-order valence-electron chi connectivity index (χ3n) is 2.88. The zero-order chi connectivity index (χ0) is 10.8. The van der Waals surface area contributed by atoms with E-state index in [0.29, 0.717) is 13.2 Å². The minimum absolute atomic E-state index is 0.151. The molecule has 0 saturated heterocycles. The standard InChI is InChI=1S/C12H16FNO/c1-8-7-15-11(6-14-2)12-9(8)4-3-5-10(12)13/h3-5,8,11,14H,6-7H2,1-2H3/t8-,11-/m0/s1. The van der Waals surface area contributed by atoms with Crippen molar-refractivity contribution in [3.8, 4) is 0 Å². The van der Waals surface area contributed by atoms with Crippen LogP contribution in [0.2, 0.25) is 0 Å². The van der Waals surface area contributed by atoms with E-state index in [0.717, 1.165) is 11.1 Å². The van der Waals surface area contributed by atoms with Crippen LogP contribution in [0.1, 0.15) is 30.1 Å². The molecule has 2 rings (SSSR count). The number of halogens is 1. The first-order valence-electron chi connectivity index (χ1n) is 5.28. The van der Waals surface area contributed by atoms with Gasteiger partial charge in [0.1, 0.15) is 5.82 Å². The molecule has 1 aromatic rings. The van der Waals surface area contributed by atoms with Gasteiger partial charge < -0.3 is 10.1 Å². The van der Waals surface area contributed by atoms with Gasteiger partial charge in [0.15, 0.2) is 0 Å². The maximum atomic E-state index is 13.7. The Morgan fingerprint density at radius 1 is 1.53 bits per heavy atom. The monoisotopic (exact) mass is 209 g/mol. The number of fused-ring (bicyclic) bond motifs is 1. The molecule has 0 fully saturated rings. The van der Waals surface area contributed by atoms with Crippen LogP contribution in [0.4, 0.5) is 4.39 Å². The third kappa shape index (κ3) is 1.90. The van der Waals surface area contributed by atoms with E-state index < -0.39 is 0 Å². The molecule has 0 aromatic heterocycles. The molecule has 1 N–H and O–H groups in total. The second-order valence-electron chi connectivity index (χ2n) is 4.02. The first-order chi connectivity index (χ1) is 7.24. The molecule has 3 heteroatoms. The van der Waals surface area contributed by atoms with Gasteiger partial charge in [-0.3, -0.25) is 0 Å². The fourth-order valence-corrected chi connectivity index (χ4v) is 2.10. The quantitative estimate of drug-likeness (QED) is 0.806. The Labute approximate surface area is 89.4 Å². The van der Waals surface area contributed by atoms with Crippen LogP contribution < -0.4 is 5.32 Å². The summed E-state index contributed by atoms with van der Waals surface area (Å²) >= 11 is 0. The van der Waals surface area contributed by atoms with Gasteiger partial charge in [0.2, 0.25) is 0 Å². The zero-order valence-corrected chi connectivity index (χ0v) is 9.09. The Morgan fingerprint density at radius 2 is 2.33 bits per heavy atom. The van der Waals surface area contributed by atoms with Gasteiger partial charge in [-0.1, -0.05) is 19.1 Å². The van der Waals surface area contributed by atoms with Gasteiger partial charge in [-0.2, -0.15) is 0 Å². The molecular weight excluding hydrogens is 193 g/mol. The van der Waals surface area contributed by atoms with Crippen LogP contribution in [0, 0.1) is 5.82 Å². The molecule has 0 radical (unpaired) electrons. The van der Waals surface area contributed by atoms with Crippen molar-refractivity contribution < 1.29 is 9.13 Å². The summed E-state index contributed by atoms with van der Waals surface area (Å²) in [4.78, 5) is 0. The van der Waals surface area contributed by atoms with Crippen molar-refractivity contribution in [2.75, 3.05) is 20.2 Å². The van der Waals surface area contributed by atoms with Gasteiger partial charge >= 0.3 is 0 Å². The number of hydrogen-bond acceptors (Lipinski definition) is 2. The minimum atomic E-state index is -0.153. The molecule has 0 aliphatic carbocycles. The molecule has 0 unspecified atom stereocenters. The van der Waals surface area contributed by atoms with Crippen molar-refractivity contribution in [1.29, 1.82) is 0 Å². The second kappa shape index (κ2) is 4.29. The summed E-state index contributed by atoms with van der Waals surface area (Å²) in [5.41, 5.74) is 1.81. The Kier molecular flexibility index (Phi) is 3.03. The molecule has 1 aromatic carbocycles. The minimum Gasteiger partial charge on any atom is -0.371 e. The number of hydrogen-bond donors (Lipinski definition) is 1. The highest BCUT2D eigenvalue weighted by Gasteiger charge is 2.27. The summed E-state index contributed by atoms with van der Waals surface area (Å²) in [6.45, 7) is 3.39. The molecule has 1 heterocycles. The molecule has 1 aliphatic rings. The molecule has 0 spiro atoms. The van der Waals surface area contributed by atoms with Crippen LogP contribution in [0.5, 0.6) is 0 Å². The van der Waals surface area contributed by atoms with Crippen molar-refractivity contribution in [2.24, 2.45) is 0 Å². The molecule has 15 heavy (non-hydrogen) atoms. The van der Waals surface area contributed by atoms with E-state index in [-0.39, 0.29) is 17.8 Å². The van der Waals surface area contributed by atoms with Crippen molar-refractivity contribution >= 4 is 0 Å². The van der Waals surface area contributed by atoms with Gasteiger partial charge in [-0.25, -0.2) is 4.39 Å². The van der Waals surface area contributed by atoms with Crippen LogP contribution in [0.25, 0.3) is 0 Å². The lowest BCUT2D eigenvalue weighted by atomic mass is 9.90. The van der Waals surface area contributed by atoms with Crippen LogP contribution in [-0.2, 0) is 4.74 Å². The number of likely N-dealkylation sites (N-methyl/N-ethyl adjacent to an activating group) is 1. The van der Waals surface area contributed by atoms with E-state index in [2.05, 4.69) is 12.2 Å². The molecular formula is C12H16FNO. The topological polar surface area (TPSA) is 21.3 Å². The molecule has 0 saturated carbocycles. The first kappa shape index (κ1) is 10.6. The van der Waals surface area contributed by atoms with Gasteiger partial charge in [-0.15, -0.1) is 0 Å². The lowest BCUT2D eigenvalue weighted by Crippen LogP contribution is -2.27. The first-order valence-corrected chi connectivity index (χ1v) is 5.28. The summed E-state index contributed by atoms with van der Waals surface area (Å²) in [6, 6.07) is 5.27. The second-order valence-corrected chi connectivity index (χ2v) is 4.02. The summed E-state index contributed by atoms with van der Waals surface area (Å²) in [7, 11) is 1.85. The Balaban J connectivity index is 2.42. The summed E-state index contributed by atoms with van der Waals surface area (Å²) in [5.74, 6) is 0.128. The van der Waals surface area contributed by atoms with Crippen molar-refractivity contribution in [3.63, 3.8) is 0 Å². The van der Waals surface area contributed by atoms with E-state index in [4.69, 9.17) is 4.74 Å². The summed E-state index contributed by atoms with van der Waals surface area (Å²) in [5, 5.41) is 3.03. The number of ether oxygens (including phenoxy) is 1. The third-order valence-corrected chi connectivity index (χ3v) is 2.88. The average Bonchev–Trinajstić information content (AvgIpc) is 2.23. The fraction of sp³-hybridized carbons (Fsp3) is 0.500. The normalized spacial score (nSPS) is 25.0. The van der Waals surface area contributed by atoms with Crippen LogP contribution in [0.15, 0.2) is 18.2 Å². The van der Waals surface area contributed by atoms with Gasteiger partial charge in [0.25, 0.3) is 0 Å². The van der Waals surface area contributed by atoms with E-state index in [1.807, 2.05) is 13.1 Å². The molecule has 82 valence electrons. The van der Waals surface area contributed by atoms with Gasteiger partial charge in [0, 0.05) is 18.0 Å². The maximum absolute atomic E-state index is 13.7. The lowest BCUT2D eigenvalue weighted by Gasteiger charge is -2.30. The largest absolute Gasteiger partial charge is 0.371 e. The van der Waals surface area contributed by atoms with Gasteiger partial charge in [-0.05, 0) is 18.7 Å². The molecule has 1 aliphatic heterocycles. The predicted octanol–water partition coefficient (Wildman–Crippen LogP) is 2.22. The molecule has 0 bridgehead atoms. The predicted molar refractivity (Wildman–Crippen MR) is 57.4 cm³/mol. The van der Waals surface area contributed by atoms with Crippen LogP contribution in [-0.4, -0.2) is 20.2 Å². The number of nitrogens with one attached hydrogen (secondary N) is 1. The Bertz CT molecular complexity index is 353. The molecule has 2 nitrogen and oxygen atoms in total. The van der Waals surface area contributed by atoms with Crippen molar-refractivity contribution in [1.82, 2.24) is 5.32 Å². The zero-order valence-electron chi connectivity index (χ0n) is 9.09. The smallest absolute Gasteiger partial charge is 0.129 e. The molecule has 2 atom stereocenters. The van der Waals surface area contributed by atoms with Crippen LogP contribution in [0.3, 0.4) is 0 Å². The number of rotatable bonds is 2. The maximum Gasteiger partial charge on any atom is 0.129 e.